The molecule has 0 saturated heterocycles. The fourth-order valence-corrected chi connectivity index (χ4v) is 3.09. The molecular formula is C17H23N3O3S. The molecule has 2 N–H and O–H groups in total. The van der Waals surface area contributed by atoms with Crippen molar-refractivity contribution in [1.29, 1.82) is 0 Å². The number of nitrogens with one attached hydrogen (secondary N) is 2. The van der Waals surface area contributed by atoms with Crippen LogP contribution < -0.4 is 14.8 Å². The van der Waals surface area contributed by atoms with Crippen LogP contribution in [-0.2, 0) is 10.0 Å². The summed E-state index contributed by atoms with van der Waals surface area (Å²) in [4.78, 5) is 4.39. The molecule has 0 radical (unpaired) electrons. The first-order chi connectivity index (χ1) is 11.5. The second-order valence-electron chi connectivity index (χ2n) is 5.22. The topological polar surface area (TPSA) is 80.3 Å². The van der Waals surface area contributed by atoms with Gasteiger partial charge in [0.25, 0.3) is 10.0 Å². The Kier molecular flexibility index (Phi) is 6.43. The first kappa shape index (κ1) is 18.1. The molecule has 7 heteroatoms. The van der Waals surface area contributed by atoms with E-state index in [9.17, 15) is 8.42 Å². The summed E-state index contributed by atoms with van der Waals surface area (Å²) in [5.41, 5.74) is 0.421. The molecule has 1 aromatic carbocycles. The van der Waals surface area contributed by atoms with E-state index in [1.807, 2.05) is 6.92 Å². The molecule has 1 aromatic heterocycles. The van der Waals surface area contributed by atoms with E-state index in [-0.39, 0.29) is 4.90 Å². The van der Waals surface area contributed by atoms with Crippen molar-refractivity contribution < 1.29 is 13.2 Å². The van der Waals surface area contributed by atoms with Crippen LogP contribution in [0.4, 0.5) is 11.5 Å². The molecule has 0 bridgehead atoms. The monoisotopic (exact) mass is 349 g/mol. The molecule has 2 aromatic rings. The van der Waals surface area contributed by atoms with Crippen molar-refractivity contribution in [2.45, 2.75) is 31.6 Å². The predicted molar refractivity (Wildman–Crippen MR) is 96.1 cm³/mol. The van der Waals surface area contributed by atoms with Crippen LogP contribution in [-0.4, -0.2) is 26.6 Å². The van der Waals surface area contributed by atoms with Crippen molar-refractivity contribution in [1.82, 2.24) is 4.98 Å². The third-order valence-electron chi connectivity index (χ3n) is 3.30. The van der Waals surface area contributed by atoms with Crippen molar-refractivity contribution in [3.8, 4) is 5.75 Å². The van der Waals surface area contributed by atoms with Gasteiger partial charge in [0.1, 0.15) is 11.6 Å². The van der Waals surface area contributed by atoms with Gasteiger partial charge < -0.3 is 10.1 Å². The number of pyridine rings is 1. The maximum absolute atomic E-state index is 12.4. The lowest BCUT2D eigenvalue weighted by Gasteiger charge is -2.10. The van der Waals surface area contributed by atoms with E-state index in [0.29, 0.717) is 18.0 Å². The molecule has 0 fully saturated rings. The highest BCUT2D eigenvalue weighted by Crippen LogP contribution is 2.19. The lowest BCUT2D eigenvalue weighted by atomic mass is 10.3. The second-order valence-corrected chi connectivity index (χ2v) is 6.90. The maximum atomic E-state index is 12.4. The SMILES string of the molecule is CCCCNc1ccc(NS(=O)(=O)c2ccc(OCC)cc2)cn1. The Morgan fingerprint density at radius 3 is 2.42 bits per heavy atom. The van der Waals surface area contributed by atoms with Crippen LogP contribution in [0.3, 0.4) is 0 Å². The van der Waals surface area contributed by atoms with Gasteiger partial charge in [-0.1, -0.05) is 13.3 Å². The quantitative estimate of drug-likeness (QED) is 0.677. The largest absolute Gasteiger partial charge is 0.494 e. The van der Waals surface area contributed by atoms with Crippen molar-refractivity contribution in [3.63, 3.8) is 0 Å². The van der Waals surface area contributed by atoms with Gasteiger partial charge in [-0.05, 0) is 49.7 Å². The van der Waals surface area contributed by atoms with Gasteiger partial charge in [0, 0.05) is 6.54 Å². The molecule has 2 rings (SSSR count). The Morgan fingerprint density at radius 2 is 1.83 bits per heavy atom. The van der Waals surface area contributed by atoms with E-state index in [2.05, 4.69) is 21.9 Å². The van der Waals surface area contributed by atoms with Crippen LogP contribution in [0.5, 0.6) is 5.75 Å². The highest BCUT2D eigenvalue weighted by Gasteiger charge is 2.14. The lowest BCUT2D eigenvalue weighted by Crippen LogP contribution is -2.13. The molecule has 130 valence electrons. The van der Waals surface area contributed by atoms with Crippen molar-refractivity contribution in [2.75, 3.05) is 23.2 Å². The summed E-state index contributed by atoms with van der Waals surface area (Å²) in [7, 11) is -3.64. The standard InChI is InChI=1S/C17H23N3O3S/c1-3-5-12-18-17-11-6-14(13-19-17)20-24(21,22)16-9-7-15(8-10-16)23-4-2/h6-11,13,20H,3-5,12H2,1-2H3,(H,18,19). The zero-order valence-electron chi connectivity index (χ0n) is 14.0. The van der Waals surface area contributed by atoms with E-state index in [0.717, 1.165) is 25.2 Å². The smallest absolute Gasteiger partial charge is 0.261 e. The van der Waals surface area contributed by atoms with E-state index in [1.54, 1.807) is 24.3 Å². The normalized spacial score (nSPS) is 11.1. The zero-order chi connectivity index (χ0) is 17.4. The Morgan fingerprint density at radius 1 is 1.08 bits per heavy atom. The minimum atomic E-state index is -3.64. The van der Waals surface area contributed by atoms with E-state index >= 15 is 0 Å². The van der Waals surface area contributed by atoms with E-state index in [4.69, 9.17) is 4.74 Å². The Hall–Kier alpha value is -2.28. The first-order valence-electron chi connectivity index (χ1n) is 8.00. The molecule has 0 aliphatic heterocycles. The van der Waals surface area contributed by atoms with Gasteiger partial charge in [-0.25, -0.2) is 13.4 Å². The Labute approximate surface area is 143 Å². The number of benzene rings is 1. The molecule has 0 unspecified atom stereocenters. The fraction of sp³-hybridized carbons (Fsp3) is 0.353. The maximum Gasteiger partial charge on any atom is 0.261 e. The number of nitrogens with zero attached hydrogens (tertiary/aromatic N) is 1. The van der Waals surface area contributed by atoms with Crippen molar-refractivity contribution >= 4 is 21.5 Å². The fourth-order valence-electron chi connectivity index (χ4n) is 2.05. The number of ether oxygens (including phenoxy) is 1. The molecule has 0 aliphatic rings. The molecule has 0 aliphatic carbocycles. The summed E-state index contributed by atoms with van der Waals surface area (Å²) in [6.45, 7) is 5.38. The number of rotatable bonds is 9. The Balaban J connectivity index is 2.03. The first-order valence-corrected chi connectivity index (χ1v) is 9.49. The molecular weight excluding hydrogens is 326 g/mol. The van der Waals surface area contributed by atoms with Crippen LogP contribution >= 0.6 is 0 Å². The second kappa shape index (κ2) is 8.54. The number of unbranched alkanes of at least 4 members (excludes halogenated alkanes) is 1. The van der Waals surface area contributed by atoms with Crippen molar-refractivity contribution in [3.05, 3.63) is 42.6 Å². The zero-order valence-corrected chi connectivity index (χ0v) is 14.8. The van der Waals surface area contributed by atoms with Crippen LogP contribution in [0.25, 0.3) is 0 Å². The number of aromatic nitrogens is 1. The van der Waals surface area contributed by atoms with Gasteiger partial charge in [-0.3, -0.25) is 4.72 Å². The van der Waals surface area contributed by atoms with E-state index in [1.165, 1.54) is 18.3 Å². The molecule has 0 spiro atoms. The minimum Gasteiger partial charge on any atom is -0.494 e. The molecule has 6 nitrogen and oxygen atoms in total. The van der Waals surface area contributed by atoms with Crippen molar-refractivity contribution in [2.24, 2.45) is 0 Å². The third-order valence-corrected chi connectivity index (χ3v) is 4.69. The van der Waals surface area contributed by atoms with Crippen LogP contribution in [0.1, 0.15) is 26.7 Å². The number of hydrogen-bond donors (Lipinski definition) is 2. The summed E-state index contributed by atoms with van der Waals surface area (Å²) in [6.07, 6.45) is 3.67. The molecule has 0 atom stereocenters. The summed E-state index contributed by atoms with van der Waals surface area (Å²) in [6, 6.07) is 9.75. The van der Waals surface area contributed by atoms with Crippen LogP contribution in [0, 0.1) is 0 Å². The third kappa shape index (κ3) is 5.13. The summed E-state index contributed by atoms with van der Waals surface area (Å²) in [5.74, 6) is 1.37. The highest BCUT2D eigenvalue weighted by atomic mass is 32.2. The Bertz CT molecular complexity index is 729. The summed E-state index contributed by atoms with van der Waals surface area (Å²) >= 11 is 0. The van der Waals surface area contributed by atoms with Gasteiger partial charge in [0.05, 0.1) is 23.4 Å². The molecule has 1 heterocycles. The average molecular weight is 349 g/mol. The summed E-state index contributed by atoms with van der Waals surface area (Å²) < 4.78 is 32.6. The van der Waals surface area contributed by atoms with Crippen LogP contribution in [0.15, 0.2) is 47.5 Å². The van der Waals surface area contributed by atoms with Gasteiger partial charge in [0.15, 0.2) is 0 Å². The molecule has 0 amide bonds. The van der Waals surface area contributed by atoms with Gasteiger partial charge in [0.2, 0.25) is 0 Å². The lowest BCUT2D eigenvalue weighted by molar-refractivity contribution is 0.340. The number of anilines is 2. The van der Waals surface area contributed by atoms with Crippen LogP contribution in [0.2, 0.25) is 0 Å². The number of sulfonamides is 1. The van der Waals surface area contributed by atoms with Gasteiger partial charge in [-0.15, -0.1) is 0 Å². The summed E-state index contributed by atoms with van der Waals surface area (Å²) in [5, 5.41) is 3.18. The average Bonchev–Trinajstić information content (AvgIpc) is 2.57. The predicted octanol–water partition coefficient (Wildman–Crippen LogP) is 3.49. The van der Waals surface area contributed by atoms with E-state index < -0.39 is 10.0 Å². The van der Waals surface area contributed by atoms with Gasteiger partial charge >= 0.3 is 0 Å². The highest BCUT2D eigenvalue weighted by molar-refractivity contribution is 7.92. The molecule has 24 heavy (non-hydrogen) atoms. The number of hydrogen-bond acceptors (Lipinski definition) is 5. The van der Waals surface area contributed by atoms with Gasteiger partial charge in [-0.2, -0.15) is 0 Å². The molecule has 0 saturated carbocycles. The minimum absolute atomic E-state index is 0.177.